The summed E-state index contributed by atoms with van der Waals surface area (Å²) in [6.45, 7) is 10.3. The first kappa shape index (κ1) is 34.7. The second-order valence-corrected chi connectivity index (χ2v) is 13.8. The number of rotatable bonds is 12. The molecule has 0 aliphatic rings. The van der Waals surface area contributed by atoms with Crippen LogP contribution in [0.4, 0.5) is 0 Å². The van der Waals surface area contributed by atoms with Gasteiger partial charge in [-0.15, -0.1) is 0 Å². The van der Waals surface area contributed by atoms with Crippen molar-refractivity contribution in [1.82, 2.24) is 4.90 Å². The Morgan fingerprint density at radius 2 is 0.744 bits per heavy atom. The van der Waals surface area contributed by atoms with Gasteiger partial charge in [0, 0.05) is 26.2 Å². The third kappa shape index (κ3) is 11.7. The second-order valence-electron chi connectivity index (χ2n) is 8.55. The van der Waals surface area contributed by atoms with Crippen LogP contribution in [0.15, 0.2) is 121 Å². The fraction of sp³-hybridized carbons (Fsp3) is 0.188. The molecule has 0 bridgehead atoms. The summed E-state index contributed by atoms with van der Waals surface area (Å²) in [5, 5.41) is 5.96. The van der Waals surface area contributed by atoms with E-state index < -0.39 is 15.8 Å². The van der Waals surface area contributed by atoms with Crippen LogP contribution in [0, 0.1) is 0 Å². The zero-order valence-electron chi connectivity index (χ0n) is 22.1. The standard InChI is InChI=1S/C30H34N2P2.2CHO.Ru/c31-21-22-32(23-25-33(27-13-5-1-6-14-27)28-15-7-2-8-16-28)24-26-34(29-17-9-3-10-18-29)30-19-11-4-12-20-30;2*1-2;/h1-20H,21-26,31H2;2*1H;/q;2*-1;+4/p+2. The Kier molecular flexibility index (Phi) is 19.1. The summed E-state index contributed by atoms with van der Waals surface area (Å²) in [6, 6.07) is 44.3. The van der Waals surface area contributed by atoms with Gasteiger partial charge in [0.15, 0.2) is 0 Å². The SMILES string of the molecule is NCCN(CC[PH+](c1ccccc1)c1ccccc1)CC[PH+](c1ccccc1)c1ccccc1.[CH-]=O.[CH-]=O.[Ru+4]. The number of benzene rings is 4. The average molecular weight is 646 g/mol. The summed E-state index contributed by atoms with van der Waals surface area (Å²) in [5.41, 5.74) is 6.06. The minimum Gasteiger partial charge on any atom is -0.545 e. The maximum absolute atomic E-state index is 7.75. The van der Waals surface area contributed by atoms with Crippen LogP contribution in [0.1, 0.15) is 0 Å². The first-order chi connectivity index (χ1) is 18.8. The van der Waals surface area contributed by atoms with E-state index in [0.717, 1.165) is 19.6 Å². The molecule has 0 heterocycles. The van der Waals surface area contributed by atoms with Gasteiger partial charge in [-0.2, -0.15) is 0 Å². The van der Waals surface area contributed by atoms with Gasteiger partial charge in [-0.3, -0.25) is 18.5 Å². The summed E-state index contributed by atoms with van der Waals surface area (Å²) in [4.78, 5) is 18.1. The van der Waals surface area contributed by atoms with Gasteiger partial charge < -0.3 is 15.3 Å². The Morgan fingerprint density at radius 1 is 0.487 bits per heavy atom. The van der Waals surface area contributed by atoms with Gasteiger partial charge >= 0.3 is 19.5 Å². The third-order valence-corrected chi connectivity index (χ3v) is 11.9. The molecule has 0 saturated heterocycles. The van der Waals surface area contributed by atoms with E-state index in [4.69, 9.17) is 15.3 Å². The fourth-order valence-corrected chi connectivity index (χ4v) is 9.81. The summed E-state index contributed by atoms with van der Waals surface area (Å²) >= 11 is 0. The van der Waals surface area contributed by atoms with Crippen LogP contribution in [0.25, 0.3) is 0 Å². The molecule has 0 atom stereocenters. The van der Waals surface area contributed by atoms with Crippen LogP contribution in [0.3, 0.4) is 0 Å². The van der Waals surface area contributed by atoms with E-state index in [0.29, 0.717) is 6.54 Å². The van der Waals surface area contributed by atoms with Crippen LogP contribution < -0.4 is 27.0 Å². The van der Waals surface area contributed by atoms with Gasteiger partial charge in [0.05, 0.1) is 49.4 Å². The molecule has 0 radical (unpaired) electrons. The number of hydrogen-bond acceptors (Lipinski definition) is 4. The first-order valence-corrected chi connectivity index (χ1v) is 16.1. The third-order valence-electron chi connectivity index (χ3n) is 6.29. The predicted octanol–water partition coefficient (Wildman–Crippen LogP) is 3.43. The molecule has 0 amide bonds. The molecule has 0 saturated carbocycles. The summed E-state index contributed by atoms with van der Waals surface area (Å²) in [5.74, 6) is 0. The molecule has 0 aliphatic carbocycles. The van der Waals surface area contributed by atoms with Crippen molar-refractivity contribution in [3.05, 3.63) is 121 Å². The predicted molar refractivity (Wildman–Crippen MR) is 170 cm³/mol. The van der Waals surface area contributed by atoms with E-state index in [9.17, 15) is 0 Å². The van der Waals surface area contributed by atoms with E-state index in [1.165, 1.54) is 33.5 Å². The number of carbonyl (C=O) groups excluding carboxylic acids is 2. The van der Waals surface area contributed by atoms with E-state index in [1.54, 1.807) is 0 Å². The van der Waals surface area contributed by atoms with Gasteiger partial charge in [-0.25, -0.2) is 0 Å². The minimum atomic E-state index is -0.828. The summed E-state index contributed by atoms with van der Waals surface area (Å²) in [7, 11) is -1.66. The molecule has 202 valence electrons. The fourth-order valence-electron chi connectivity index (χ4n) is 4.53. The van der Waals surface area contributed by atoms with Crippen LogP contribution in [0.5, 0.6) is 0 Å². The molecule has 0 unspecified atom stereocenters. The molecule has 4 aromatic rings. The molecule has 0 aromatic heterocycles. The zero-order valence-corrected chi connectivity index (χ0v) is 25.9. The molecule has 4 aromatic carbocycles. The van der Waals surface area contributed by atoms with Crippen molar-refractivity contribution < 1.29 is 29.1 Å². The van der Waals surface area contributed by atoms with Crippen molar-refractivity contribution in [2.24, 2.45) is 5.73 Å². The number of nitrogens with zero attached hydrogens (tertiary/aromatic N) is 1. The van der Waals surface area contributed by atoms with Gasteiger partial charge in [-0.1, -0.05) is 72.8 Å². The summed E-state index contributed by atoms with van der Waals surface area (Å²) < 4.78 is 0. The summed E-state index contributed by atoms with van der Waals surface area (Å²) in [6.07, 6.45) is 2.38. The molecule has 0 fully saturated rings. The van der Waals surface area contributed by atoms with Crippen LogP contribution in [-0.4, -0.2) is 57.0 Å². The maximum atomic E-state index is 7.75. The van der Waals surface area contributed by atoms with Crippen molar-refractivity contribution in [3.63, 3.8) is 0 Å². The smallest absolute Gasteiger partial charge is 0.545 e. The molecular weight excluding hydrogens is 607 g/mol. The van der Waals surface area contributed by atoms with Crippen molar-refractivity contribution in [2.45, 2.75) is 0 Å². The van der Waals surface area contributed by atoms with Crippen molar-refractivity contribution in [1.29, 1.82) is 0 Å². The van der Waals surface area contributed by atoms with Gasteiger partial charge in [0.1, 0.15) is 0 Å². The quantitative estimate of drug-likeness (QED) is 0.111. The van der Waals surface area contributed by atoms with Crippen LogP contribution in [0.2, 0.25) is 0 Å². The Labute approximate surface area is 249 Å². The number of nitrogens with two attached hydrogens (primary N) is 1. The second kappa shape index (κ2) is 21.4. The van der Waals surface area contributed by atoms with E-state index >= 15 is 0 Å². The molecule has 0 aliphatic heterocycles. The van der Waals surface area contributed by atoms with Gasteiger partial charge in [0.2, 0.25) is 0 Å². The Morgan fingerprint density at radius 3 is 0.974 bits per heavy atom. The normalized spacial score (nSPS) is 10.2. The number of hydrogen-bond donors (Lipinski definition) is 1. The Bertz CT molecular complexity index is 958. The topological polar surface area (TPSA) is 63.4 Å². The van der Waals surface area contributed by atoms with Crippen LogP contribution >= 0.6 is 15.8 Å². The molecule has 4 rings (SSSR count). The molecule has 39 heavy (non-hydrogen) atoms. The van der Waals surface area contributed by atoms with Gasteiger partial charge in [-0.05, 0) is 48.5 Å². The Balaban J connectivity index is 0.00000145. The molecule has 2 N–H and O–H groups in total. The minimum absolute atomic E-state index is 0. The van der Waals surface area contributed by atoms with Crippen molar-refractivity contribution in [2.75, 3.05) is 38.5 Å². The van der Waals surface area contributed by atoms with E-state index in [2.05, 4.69) is 140 Å². The van der Waals surface area contributed by atoms with Crippen molar-refractivity contribution in [3.8, 4) is 0 Å². The zero-order chi connectivity index (χ0) is 27.4. The maximum Gasteiger partial charge on any atom is 4.00 e. The average Bonchev–Trinajstić information content (AvgIpc) is 3.01. The van der Waals surface area contributed by atoms with E-state index in [1.807, 2.05) is 0 Å². The van der Waals surface area contributed by atoms with Crippen LogP contribution in [-0.2, 0) is 29.1 Å². The van der Waals surface area contributed by atoms with Gasteiger partial charge in [0.25, 0.3) is 0 Å². The largest absolute Gasteiger partial charge is 4.00 e. The Hall–Kier alpha value is -2.38. The molecule has 7 heteroatoms. The molecule has 0 spiro atoms. The molecule has 4 nitrogen and oxygen atoms in total. The van der Waals surface area contributed by atoms with Crippen molar-refractivity contribution >= 4 is 50.6 Å². The molecular formula is C32H38N2O2P2Ru+4. The monoisotopic (exact) mass is 646 g/mol. The first-order valence-electron chi connectivity index (χ1n) is 12.7. The van der Waals surface area contributed by atoms with E-state index in [-0.39, 0.29) is 19.5 Å².